The number of para-hydroxylation sites is 1. The van der Waals surface area contributed by atoms with Crippen LogP contribution in [0.3, 0.4) is 0 Å². The van der Waals surface area contributed by atoms with Gasteiger partial charge in [-0.1, -0.05) is 18.2 Å². The highest BCUT2D eigenvalue weighted by Crippen LogP contribution is 2.26. The predicted octanol–water partition coefficient (Wildman–Crippen LogP) is 4.06. The molecule has 0 unspecified atom stereocenters. The van der Waals surface area contributed by atoms with Crippen LogP contribution in [0.5, 0.6) is 5.75 Å². The summed E-state index contributed by atoms with van der Waals surface area (Å²) in [5.41, 5.74) is 3.08. The molecule has 0 aliphatic carbocycles. The zero-order valence-electron chi connectivity index (χ0n) is 11.0. The second kappa shape index (κ2) is 4.98. The summed E-state index contributed by atoms with van der Waals surface area (Å²) in [6, 6.07) is 5.98. The van der Waals surface area contributed by atoms with Crippen molar-refractivity contribution in [2.45, 2.75) is 33.4 Å². The molecule has 0 bridgehead atoms. The summed E-state index contributed by atoms with van der Waals surface area (Å²) in [5, 5.41) is 0. The summed E-state index contributed by atoms with van der Waals surface area (Å²) < 4.78 is 8.53. The van der Waals surface area contributed by atoms with Gasteiger partial charge >= 0.3 is 0 Å². The molecule has 3 nitrogen and oxygen atoms in total. The lowest BCUT2D eigenvalue weighted by atomic mass is 10.2. The van der Waals surface area contributed by atoms with E-state index < -0.39 is 0 Å². The number of fused-ring (bicyclic) bond motifs is 1. The van der Waals surface area contributed by atoms with E-state index in [2.05, 4.69) is 11.6 Å². The Bertz CT molecular complexity index is 637. The maximum Gasteiger partial charge on any atom is 0.178 e. The summed E-state index contributed by atoms with van der Waals surface area (Å²) >= 11 is 5.36. The number of ether oxygens (including phenoxy) is 1. The van der Waals surface area contributed by atoms with Crippen molar-refractivity contribution in [2.24, 2.45) is 0 Å². The lowest BCUT2D eigenvalue weighted by Crippen LogP contribution is -2.05. The Balaban J connectivity index is 2.59. The van der Waals surface area contributed by atoms with Gasteiger partial charge in [0.15, 0.2) is 4.77 Å². The fourth-order valence-electron chi connectivity index (χ4n) is 1.93. The Morgan fingerprint density at radius 1 is 1.50 bits per heavy atom. The van der Waals surface area contributed by atoms with Crippen LogP contribution in [0.2, 0.25) is 0 Å². The number of hydrogen-bond donors (Lipinski definition) is 1. The first-order chi connectivity index (χ1) is 8.49. The van der Waals surface area contributed by atoms with Crippen LogP contribution in [0.25, 0.3) is 11.0 Å². The Hall–Kier alpha value is -1.55. The second-order valence-electron chi connectivity index (χ2n) is 4.79. The molecule has 0 saturated carbocycles. The van der Waals surface area contributed by atoms with Crippen molar-refractivity contribution >= 4 is 23.3 Å². The number of aromatic nitrogens is 2. The molecule has 0 radical (unpaired) electrons. The summed E-state index contributed by atoms with van der Waals surface area (Å²) in [6.45, 7) is 10.7. The molecule has 0 amide bonds. The molecule has 1 N–H and O–H groups in total. The van der Waals surface area contributed by atoms with Crippen LogP contribution in [-0.4, -0.2) is 15.7 Å². The summed E-state index contributed by atoms with van der Waals surface area (Å²) in [6.07, 6.45) is 0.141. The molecule has 1 aromatic heterocycles. The fraction of sp³-hybridized carbons (Fsp3) is 0.357. The summed E-state index contributed by atoms with van der Waals surface area (Å²) in [7, 11) is 0. The molecular formula is C14H18N2OS. The standard InChI is InChI=1S/C14H18N2OS/c1-9(2)8-16-11-6-5-7-12(17-10(3)4)13(11)15-14(16)18/h5-7,10H,1,8H2,2-4H3,(H,15,18). The average Bonchev–Trinajstić information content (AvgIpc) is 2.56. The minimum atomic E-state index is 0.141. The van der Waals surface area contributed by atoms with E-state index in [4.69, 9.17) is 17.0 Å². The number of nitrogens with zero attached hydrogens (tertiary/aromatic N) is 1. The van der Waals surface area contributed by atoms with Gasteiger partial charge in [-0.2, -0.15) is 0 Å². The van der Waals surface area contributed by atoms with Crippen LogP contribution in [0, 0.1) is 4.77 Å². The van der Waals surface area contributed by atoms with E-state index in [9.17, 15) is 0 Å². The largest absolute Gasteiger partial charge is 0.489 e. The molecule has 0 saturated heterocycles. The summed E-state index contributed by atoms with van der Waals surface area (Å²) in [5.74, 6) is 0.842. The van der Waals surface area contributed by atoms with Crippen LogP contribution < -0.4 is 4.74 Å². The SMILES string of the molecule is C=C(C)Cn1c(=S)[nH]c2c(OC(C)C)cccc21. The first-order valence-corrected chi connectivity index (χ1v) is 6.42. The number of allylic oxidation sites excluding steroid dienone is 1. The van der Waals surface area contributed by atoms with Crippen LogP contribution in [0.15, 0.2) is 30.4 Å². The Kier molecular flexibility index (Phi) is 3.57. The molecule has 1 heterocycles. The molecule has 0 spiro atoms. The first-order valence-electron chi connectivity index (χ1n) is 6.01. The number of hydrogen-bond acceptors (Lipinski definition) is 2. The number of nitrogens with one attached hydrogen (secondary N) is 1. The third kappa shape index (κ3) is 2.48. The fourth-order valence-corrected chi connectivity index (χ4v) is 2.20. The molecule has 0 fully saturated rings. The van der Waals surface area contributed by atoms with Crippen LogP contribution in [0.1, 0.15) is 20.8 Å². The van der Waals surface area contributed by atoms with Gasteiger partial charge in [-0.15, -0.1) is 0 Å². The van der Waals surface area contributed by atoms with Crippen LogP contribution in [0.4, 0.5) is 0 Å². The zero-order chi connectivity index (χ0) is 13.3. The maximum atomic E-state index is 5.79. The van der Waals surface area contributed by atoms with Crippen molar-refractivity contribution in [3.05, 3.63) is 35.1 Å². The van der Waals surface area contributed by atoms with E-state index >= 15 is 0 Å². The second-order valence-corrected chi connectivity index (χ2v) is 5.18. The van der Waals surface area contributed by atoms with Gasteiger partial charge in [-0.05, 0) is 45.1 Å². The highest BCUT2D eigenvalue weighted by Gasteiger charge is 2.10. The Morgan fingerprint density at radius 3 is 2.83 bits per heavy atom. The molecule has 96 valence electrons. The quantitative estimate of drug-likeness (QED) is 0.665. The highest BCUT2D eigenvalue weighted by molar-refractivity contribution is 7.71. The molecule has 4 heteroatoms. The third-order valence-corrected chi connectivity index (χ3v) is 2.89. The molecule has 0 atom stereocenters. The normalized spacial score (nSPS) is 11.1. The predicted molar refractivity (Wildman–Crippen MR) is 77.7 cm³/mol. The maximum absolute atomic E-state index is 5.79. The van der Waals surface area contributed by atoms with E-state index in [0.29, 0.717) is 4.77 Å². The molecule has 2 aromatic rings. The lowest BCUT2D eigenvalue weighted by molar-refractivity contribution is 0.245. The van der Waals surface area contributed by atoms with Crippen molar-refractivity contribution in [3.63, 3.8) is 0 Å². The van der Waals surface area contributed by atoms with Crippen molar-refractivity contribution in [3.8, 4) is 5.75 Å². The molecule has 0 aliphatic rings. The van der Waals surface area contributed by atoms with Gasteiger partial charge in [0.1, 0.15) is 11.3 Å². The molecule has 18 heavy (non-hydrogen) atoms. The van der Waals surface area contributed by atoms with E-state index in [1.54, 1.807) is 0 Å². The molecule has 1 aromatic carbocycles. The third-order valence-electron chi connectivity index (χ3n) is 2.56. The number of benzene rings is 1. The van der Waals surface area contributed by atoms with Gasteiger partial charge in [-0.3, -0.25) is 0 Å². The van der Waals surface area contributed by atoms with Crippen molar-refractivity contribution in [2.75, 3.05) is 0 Å². The average molecular weight is 262 g/mol. The van der Waals surface area contributed by atoms with Gasteiger partial charge in [0, 0.05) is 6.54 Å². The van der Waals surface area contributed by atoms with E-state index in [1.165, 1.54) is 0 Å². The van der Waals surface area contributed by atoms with Crippen LogP contribution >= 0.6 is 12.2 Å². The van der Waals surface area contributed by atoms with Crippen molar-refractivity contribution in [1.29, 1.82) is 0 Å². The van der Waals surface area contributed by atoms with Gasteiger partial charge < -0.3 is 14.3 Å². The molecule has 2 rings (SSSR count). The van der Waals surface area contributed by atoms with E-state index in [0.717, 1.165) is 28.9 Å². The minimum Gasteiger partial charge on any atom is -0.489 e. The Morgan fingerprint density at radius 2 is 2.22 bits per heavy atom. The smallest absolute Gasteiger partial charge is 0.178 e. The van der Waals surface area contributed by atoms with E-state index in [1.807, 2.05) is 43.5 Å². The highest BCUT2D eigenvalue weighted by atomic mass is 32.1. The number of aromatic amines is 1. The zero-order valence-corrected chi connectivity index (χ0v) is 11.8. The minimum absolute atomic E-state index is 0.141. The lowest BCUT2D eigenvalue weighted by Gasteiger charge is -2.10. The van der Waals surface area contributed by atoms with Crippen LogP contribution in [-0.2, 0) is 6.54 Å². The van der Waals surface area contributed by atoms with Gasteiger partial charge in [0.05, 0.1) is 11.6 Å². The number of imidazole rings is 1. The van der Waals surface area contributed by atoms with Crippen molar-refractivity contribution < 1.29 is 4.74 Å². The monoisotopic (exact) mass is 262 g/mol. The molecule has 0 aliphatic heterocycles. The Labute approximate surface area is 112 Å². The van der Waals surface area contributed by atoms with Gasteiger partial charge in [0.2, 0.25) is 0 Å². The topological polar surface area (TPSA) is 29.9 Å². The van der Waals surface area contributed by atoms with E-state index in [-0.39, 0.29) is 6.10 Å². The first kappa shape index (κ1) is 12.9. The number of rotatable bonds is 4. The molecular weight excluding hydrogens is 244 g/mol. The van der Waals surface area contributed by atoms with Gasteiger partial charge in [0.25, 0.3) is 0 Å². The summed E-state index contributed by atoms with van der Waals surface area (Å²) in [4.78, 5) is 3.22. The number of H-pyrrole nitrogens is 1. The van der Waals surface area contributed by atoms with Crippen molar-refractivity contribution in [1.82, 2.24) is 9.55 Å². The van der Waals surface area contributed by atoms with Gasteiger partial charge in [-0.25, -0.2) is 0 Å².